The normalized spacial score (nSPS) is 14.9. The predicted molar refractivity (Wildman–Crippen MR) is 122 cm³/mol. The number of amides is 2. The number of aliphatic hydroxyl groups is 1. The lowest BCUT2D eigenvalue weighted by Crippen LogP contribution is -2.50. The Balaban J connectivity index is 2.06. The van der Waals surface area contributed by atoms with Gasteiger partial charge in [0, 0.05) is 24.2 Å². The molecule has 1 aromatic carbocycles. The van der Waals surface area contributed by atoms with E-state index in [1.165, 1.54) is 9.80 Å². The Hall–Kier alpha value is -2.62. The van der Waals surface area contributed by atoms with Gasteiger partial charge in [0.05, 0.1) is 29.7 Å². The van der Waals surface area contributed by atoms with E-state index < -0.39 is 17.7 Å². The van der Waals surface area contributed by atoms with E-state index in [-0.39, 0.29) is 37.4 Å². The number of nitrogens with zero attached hydrogens (tertiary/aromatic N) is 4. The molecule has 0 radical (unpaired) electrons. The third-order valence-corrected chi connectivity index (χ3v) is 4.98. The van der Waals surface area contributed by atoms with E-state index in [9.17, 15) is 14.7 Å². The van der Waals surface area contributed by atoms with Gasteiger partial charge in [-0.2, -0.15) is 0 Å². The molecule has 1 aromatic heterocycles. The minimum atomic E-state index is -0.732. The second-order valence-electron chi connectivity index (χ2n) is 9.14. The van der Waals surface area contributed by atoms with E-state index in [4.69, 9.17) is 22.1 Å². The highest BCUT2D eigenvalue weighted by molar-refractivity contribution is 6.31. The van der Waals surface area contributed by atoms with Crippen LogP contribution < -0.4 is 10.6 Å². The van der Waals surface area contributed by atoms with Crippen molar-refractivity contribution in [2.45, 2.75) is 58.9 Å². The molecule has 0 fully saturated rings. The number of benzene rings is 1. The van der Waals surface area contributed by atoms with Gasteiger partial charge in [-0.15, -0.1) is 0 Å². The van der Waals surface area contributed by atoms with Crippen LogP contribution >= 0.6 is 11.6 Å². The van der Waals surface area contributed by atoms with Crippen LogP contribution in [-0.4, -0.2) is 62.4 Å². The van der Waals surface area contributed by atoms with Gasteiger partial charge in [-0.25, -0.2) is 14.6 Å². The molecule has 2 atom stereocenters. The summed E-state index contributed by atoms with van der Waals surface area (Å²) in [6.45, 7) is 9.19. The summed E-state index contributed by atoms with van der Waals surface area (Å²) in [5.41, 5.74) is 7.16. The number of nitrogens with two attached hydrogens (primary N) is 1. The maximum absolute atomic E-state index is 13.6. The number of esters is 1. The number of rotatable bonds is 5. The summed E-state index contributed by atoms with van der Waals surface area (Å²) in [5, 5.41) is 10.4. The van der Waals surface area contributed by atoms with Gasteiger partial charge < -0.3 is 20.5 Å². The van der Waals surface area contributed by atoms with Crippen LogP contribution in [0.3, 0.4) is 0 Å². The van der Waals surface area contributed by atoms with Crippen molar-refractivity contribution in [3.63, 3.8) is 0 Å². The number of urea groups is 1. The highest BCUT2D eigenvalue weighted by Gasteiger charge is 2.35. The summed E-state index contributed by atoms with van der Waals surface area (Å²) < 4.78 is 7.27. The molecule has 2 heterocycles. The molecular formula is C22H30ClN5O4. The van der Waals surface area contributed by atoms with Crippen LogP contribution in [0.2, 0.25) is 5.02 Å². The van der Waals surface area contributed by atoms with Crippen LogP contribution in [0.4, 0.5) is 10.5 Å². The lowest BCUT2D eigenvalue weighted by Gasteiger charge is -2.36. The number of hydrogen-bond donors (Lipinski definition) is 2. The molecule has 2 aromatic rings. The van der Waals surface area contributed by atoms with E-state index in [0.29, 0.717) is 22.1 Å². The number of halogens is 1. The topological polar surface area (TPSA) is 114 Å². The SMILES string of the molecule is C[C@@H](N)CN(C[C@@H](C)O)C(=O)N1Cc2c(C(=O)OC(C)(C)C)ncn2-c2ccc(Cl)cc21. The fourth-order valence-corrected chi connectivity index (χ4v) is 3.79. The third kappa shape index (κ3) is 5.23. The molecule has 0 spiro atoms. The molecule has 0 saturated carbocycles. The van der Waals surface area contributed by atoms with Crippen molar-refractivity contribution in [2.75, 3.05) is 18.0 Å². The summed E-state index contributed by atoms with van der Waals surface area (Å²) >= 11 is 6.24. The lowest BCUT2D eigenvalue weighted by atomic mass is 10.1. The fraction of sp³-hybridized carbons (Fsp3) is 0.500. The number of aliphatic hydroxyl groups excluding tert-OH is 1. The van der Waals surface area contributed by atoms with Gasteiger partial charge in [-0.3, -0.25) is 9.47 Å². The number of hydrogen-bond acceptors (Lipinski definition) is 6. The van der Waals surface area contributed by atoms with E-state index in [2.05, 4.69) is 4.98 Å². The van der Waals surface area contributed by atoms with Gasteiger partial charge in [0.2, 0.25) is 0 Å². The number of carbonyl (C=O) groups excluding carboxylic acids is 2. The van der Waals surface area contributed by atoms with Gasteiger partial charge in [0.15, 0.2) is 5.69 Å². The molecule has 10 heteroatoms. The third-order valence-electron chi connectivity index (χ3n) is 4.75. The molecule has 0 unspecified atom stereocenters. The largest absolute Gasteiger partial charge is 0.455 e. The lowest BCUT2D eigenvalue weighted by molar-refractivity contribution is 0.00619. The molecule has 174 valence electrons. The molecule has 32 heavy (non-hydrogen) atoms. The maximum Gasteiger partial charge on any atom is 0.359 e. The fourth-order valence-electron chi connectivity index (χ4n) is 3.62. The van der Waals surface area contributed by atoms with Crippen LogP contribution in [0.15, 0.2) is 24.5 Å². The molecule has 1 aliphatic rings. The van der Waals surface area contributed by atoms with Crippen LogP contribution in [0.5, 0.6) is 0 Å². The van der Waals surface area contributed by atoms with Crippen molar-refractivity contribution < 1.29 is 19.4 Å². The van der Waals surface area contributed by atoms with E-state index in [1.807, 2.05) is 0 Å². The zero-order chi connectivity index (χ0) is 23.8. The Morgan fingerprint density at radius 3 is 2.56 bits per heavy atom. The first-order valence-corrected chi connectivity index (χ1v) is 10.8. The minimum absolute atomic E-state index is 0.0794. The number of ether oxygens (including phenoxy) is 1. The summed E-state index contributed by atoms with van der Waals surface area (Å²) in [5.74, 6) is -0.563. The van der Waals surface area contributed by atoms with Crippen molar-refractivity contribution >= 4 is 29.3 Å². The average molecular weight is 464 g/mol. The zero-order valence-corrected chi connectivity index (χ0v) is 19.8. The second-order valence-corrected chi connectivity index (χ2v) is 9.58. The van der Waals surface area contributed by atoms with Crippen molar-refractivity contribution in [3.8, 4) is 5.69 Å². The number of carbonyl (C=O) groups is 2. The monoisotopic (exact) mass is 463 g/mol. The molecule has 0 bridgehead atoms. The molecular weight excluding hydrogens is 434 g/mol. The molecule has 2 amide bonds. The molecule has 0 aliphatic carbocycles. The van der Waals surface area contributed by atoms with Gasteiger partial charge >= 0.3 is 12.0 Å². The molecule has 3 N–H and O–H groups in total. The predicted octanol–water partition coefficient (Wildman–Crippen LogP) is 2.95. The van der Waals surface area contributed by atoms with Crippen LogP contribution in [-0.2, 0) is 11.3 Å². The van der Waals surface area contributed by atoms with Crippen LogP contribution in [0, 0.1) is 0 Å². The summed E-state index contributed by atoms with van der Waals surface area (Å²) in [7, 11) is 0. The van der Waals surface area contributed by atoms with Gasteiger partial charge in [-0.05, 0) is 52.8 Å². The van der Waals surface area contributed by atoms with Gasteiger partial charge in [0.1, 0.15) is 11.9 Å². The van der Waals surface area contributed by atoms with Crippen LogP contribution in [0.25, 0.3) is 5.69 Å². The van der Waals surface area contributed by atoms with Gasteiger partial charge in [0.25, 0.3) is 0 Å². The number of fused-ring (bicyclic) bond motifs is 3. The van der Waals surface area contributed by atoms with Crippen LogP contribution in [0.1, 0.15) is 50.8 Å². The zero-order valence-electron chi connectivity index (χ0n) is 19.0. The number of anilines is 1. The van der Waals surface area contributed by atoms with Crippen molar-refractivity contribution in [3.05, 3.63) is 40.9 Å². The minimum Gasteiger partial charge on any atom is -0.455 e. The van der Waals surface area contributed by atoms with Gasteiger partial charge in [-0.1, -0.05) is 11.6 Å². The second kappa shape index (κ2) is 9.09. The van der Waals surface area contributed by atoms with E-state index in [1.54, 1.807) is 63.7 Å². The Labute approximate surface area is 192 Å². The highest BCUT2D eigenvalue weighted by atomic mass is 35.5. The average Bonchev–Trinajstić information content (AvgIpc) is 3.08. The molecule has 1 aliphatic heterocycles. The Kier molecular flexibility index (Phi) is 6.83. The highest BCUT2D eigenvalue weighted by Crippen LogP contribution is 2.36. The Morgan fingerprint density at radius 2 is 1.97 bits per heavy atom. The van der Waals surface area contributed by atoms with E-state index in [0.717, 1.165) is 0 Å². The smallest absolute Gasteiger partial charge is 0.359 e. The summed E-state index contributed by atoms with van der Waals surface area (Å²) in [4.78, 5) is 33.7. The Bertz CT molecular complexity index is 1000. The summed E-state index contributed by atoms with van der Waals surface area (Å²) in [6.07, 6.45) is 0.808. The quantitative estimate of drug-likeness (QED) is 0.659. The van der Waals surface area contributed by atoms with Crippen molar-refractivity contribution in [1.29, 1.82) is 0 Å². The Morgan fingerprint density at radius 1 is 1.28 bits per heavy atom. The standard InChI is InChI=1S/C22H30ClN5O4/c1-13(24)9-26(10-14(2)29)21(31)27-11-18-19(20(30)32-22(3,4)5)25-12-28(18)16-7-6-15(23)8-17(16)27/h6-8,12-14,29H,9-11,24H2,1-5H3/t13-,14-/m1/s1. The molecule has 9 nitrogen and oxygen atoms in total. The first kappa shape index (κ1) is 24.0. The van der Waals surface area contributed by atoms with Crippen molar-refractivity contribution in [2.24, 2.45) is 5.73 Å². The first-order chi connectivity index (χ1) is 14.9. The van der Waals surface area contributed by atoms with Crippen molar-refractivity contribution in [1.82, 2.24) is 14.5 Å². The number of aromatic nitrogens is 2. The molecule has 3 rings (SSSR count). The number of imidazole rings is 1. The van der Waals surface area contributed by atoms with E-state index >= 15 is 0 Å². The maximum atomic E-state index is 13.6. The first-order valence-electron chi connectivity index (χ1n) is 10.5. The molecule has 0 saturated heterocycles. The summed E-state index contributed by atoms with van der Waals surface area (Å²) in [6, 6.07) is 4.53.